The molecule has 1 aliphatic rings. The van der Waals surface area contributed by atoms with Gasteiger partial charge in [-0.2, -0.15) is 0 Å². The molecule has 1 atom stereocenters. The molecule has 1 saturated heterocycles. The summed E-state index contributed by atoms with van der Waals surface area (Å²) < 4.78 is 5.13. The van der Waals surface area contributed by atoms with Gasteiger partial charge in [-0.25, -0.2) is 4.99 Å². The quantitative estimate of drug-likeness (QED) is 0.396. The van der Waals surface area contributed by atoms with Gasteiger partial charge in [-0.1, -0.05) is 24.6 Å². The minimum absolute atomic E-state index is 0. The third kappa shape index (κ3) is 6.00. The Kier molecular flexibility index (Phi) is 9.01. The number of likely N-dealkylation sites (N-methyl/N-ethyl adjacent to an activating group) is 1. The van der Waals surface area contributed by atoms with Gasteiger partial charge >= 0.3 is 0 Å². The Balaban J connectivity index is 0.00000264. The maximum Gasteiger partial charge on any atom is 0.188 e. The first-order chi connectivity index (χ1) is 10.6. The van der Waals surface area contributed by atoms with Gasteiger partial charge in [0.05, 0.1) is 18.7 Å². The molecule has 3 N–H and O–H groups in total. The van der Waals surface area contributed by atoms with Crippen LogP contribution in [0.15, 0.2) is 23.2 Å². The van der Waals surface area contributed by atoms with Gasteiger partial charge < -0.3 is 15.8 Å². The van der Waals surface area contributed by atoms with Crippen molar-refractivity contribution >= 4 is 41.5 Å². The molecule has 0 aromatic heterocycles. The number of likely N-dealkylation sites (tertiary alicyclic amines) is 1. The highest BCUT2D eigenvalue weighted by molar-refractivity contribution is 14.0. The third-order valence-electron chi connectivity index (χ3n) is 4.07. The van der Waals surface area contributed by atoms with Crippen molar-refractivity contribution in [1.29, 1.82) is 0 Å². The molecule has 2 rings (SSSR count). The van der Waals surface area contributed by atoms with E-state index in [-0.39, 0.29) is 24.0 Å². The highest BCUT2D eigenvalue weighted by Crippen LogP contribution is 2.25. The first-order valence-corrected chi connectivity index (χ1v) is 8.12. The Bertz CT molecular complexity index is 527. The lowest BCUT2D eigenvalue weighted by Crippen LogP contribution is -2.42. The molecule has 0 radical (unpaired) electrons. The van der Waals surface area contributed by atoms with Gasteiger partial charge in [-0.05, 0) is 43.6 Å². The predicted molar refractivity (Wildman–Crippen MR) is 107 cm³/mol. The van der Waals surface area contributed by atoms with Crippen LogP contribution in [0.5, 0.6) is 5.75 Å². The molecule has 1 heterocycles. The van der Waals surface area contributed by atoms with Crippen LogP contribution in [0.3, 0.4) is 0 Å². The van der Waals surface area contributed by atoms with E-state index in [4.69, 9.17) is 22.1 Å². The SMILES string of the molecule is CCN1CCCC1CNC(N)=NCc1ccc(OC)c(Cl)c1.I. The molecular formula is C16H26ClIN4O. The second kappa shape index (κ2) is 10.2. The summed E-state index contributed by atoms with van der Waals surface area (Å²) in [6, 6.07) is 6.20. The summed E-state index contributed by atoms with van der Waals surface area (Å²) >= 11 is 6.10. The topological polar surface area (TPSA) is 62.9 Å². The van der Waals surface area contributed by atoms with Crippen LogP contribution in [0.4, 0.5) is 0 Å². The van der Waals surface area contributed by atoms with Crippen molar-refractivity contribution in [2.75, 3.05) is 26.7 Å². The number of benzene rings is 1. The maximum absolute atomic E-state index is 6.10. The van der Waals surface area contributed by atoms with Crippen molar-refractivity contribution in [1.82, 2.24) is 10.2 Å². The van der Waals surface area contributed by atoms with Gasteiger partial charge in [0, 0.05) is 12.6 Å². The number of aliphatic imine (C=N–C) groups is 1. The van der Waals surface area contributed by atoms with E-state index in [1.807, 2.05) is 18.2 Å². The second-order valence-electron chi connectivity index (χ2n) is 5.48. The van der Waals surface area contributed by atoms with Crippen molar-refractivity contribution in [2.45, 2.75) is 32.4 Å². The Hall–Kier alpha value is -0.730. The number of nitrogens with zero attached hydrogens (tertiary/aromatic N) is 2. The summed E-state index contributed by atoms with van der Waals surface area (Å²) in [5.74, 6) is 1.15. The van der Waals surface area contributed by atoms with E-state index >= 15 is 0 Å². The Morgan fingerprint density at radius 3 is 2.96 bits per heavy atom. The molecule has 130 valence electrons. The minimum Gasteiger partial charge on any atom is -0.495 e. The number of ether oxygens (including phenoxy) is 1. The van der Waals surface area contributed by atoms with Crippen molar-refractivity contribution < 1.29 is 4.74 Å². The summed E-state index contributed by atoms with van der Waals surface area (Å²) in [5, 5.41) is 3.81. The van der Waals surface area contributed by atoms with Crippen LogP contribution in [-0.2, 0) is 6.54 Å². The molecule has 1 aromatic rings. The van der Waals surface area contributed by atoms with Gasteiger partial charge in [0.25, 0.3) is 0 Å². The smallest absolute Gasteiger partial charge is 0.188 e. The fourth-order valence-corrected chi connectivity index (χ4v) is 3.09. The molecule has 1 aromatic carbocycles. The van der Waals surface area contributed by atoms with E-state index in [1.54, 1.807) is 7.11 Å². The van der Waals surface area contributed by atoms with Gasteiger partial charge in [0.15, 0.2) is 5.96 Å². The van der Waals surface area contributed by atoms with Gasteiger partial charge in [0.1, 0.15) is 5.75 Å². The number of nitrogens with two attached hydrogens (primary N) is 1. The summed E-state index contributed by atoms with van der Waals surface area (Å²) in [4.78, 5) is 6.84. The fraction of sp³-hybridized carbons (Fsp3) is 0.562. The van der Waals surface area contributed by atoms with Gasteiger partial charge in [0.2, 0.25) is 0 Å². The maximum atomic E-state index is 6.10. The molecule has 0 bridgehead atoms. The number of halogens is 2. The van der Waals surface area contributed by atoms with E-state index < -0.39 is 0 Å². The minimum atomic E-state index is 0. The molecule has 1 aliphatic heterocycles. The zero-order valence-corrected chi connectivity index (χ0v) is 16.8. The van der Waals surface area contributed by atoms with Crippen molar-refractivity contribution in [3.8, 4) is 5.75 Å². The van der Waals surface area contributed by atoms with E-state index in [2.05, 4.69) is 22.1 Å². The highest BCUT2D eigenvalue weighted by atomic mass is 127. The fourth-order valence-electron chi connectivity index (χ4n) is 2.81. The number of rotatable bonds is 6. The Labute approximate surface area is 160 Å². The van der Waals surface area contributed by atoms with E-state index in [1.165, 1.54) is 19.4 Å². The summed E-state index contributed by atoms with van der Waals surface area (Å²) in [6.45, 7) is 5.83. The van der Waals surface area contributed by atoms with E-state index in [0.29, 0.717) is 29.3 Å². The molecule has 5 nitrogen and oxygen atoms in total. The van der Waals surface area contributed by atoms with Gasteiger partial charge in [-0.15, -0.1) is 24.0 Å². The number of methoxy groups -OCH3 is 1. The van der Waals surface area contributed by atoms with Crippen LogP contribution >= 0.6 is 35.6 Å². The summed E-state index contributed by atoms with van der Waals surface area (Å²) in [5.41, 5.74) is 6.95. The first-order valence-electron chi connectivity index (χ1n) is 7.74. The van der Waals surface area contributed by atoms with E-state index in [0.717, 1.165) is 18.7 Å². The number of nitrogens with one attached hydrogen (secondary N) is 1. The summed E-state index contributed by atoms with van der Waals surface area (Å²) in [7, 11) is 1.60. The van der Waals surface area contributed by atoms with Gasteiger partial charge in [-0.3, -0.25) is 4.90 Å². The van der Waals surface area contributed by atoms with Crippen LogP contribution < -0.4 is 15.8 Å². The molecule has 23 heavy (non-hydrogen) atoms. The molecule has 0 amide bonds. The van der Waals surface area contributed by atoms with Crippen LogP contribution in [0.1, 0.15) is 25.3 Å². The normalized spacial score (nSPS) is 18.6. The number of hydrogen-bond donors (Lipinski definition) is 2. The van der Waals surface area contributed by atoms with Crippen molar-refractivity contribution in [3.63, 3.8) is 0 Å². The molecule has 0 aliphatic carbocycles. The zero-order valence-electron chi connectivity index (χ0n) is 13.7. The monoisotopic (exact) mass is 452 g/mol. The summed E-state index contributed by atoms with van der Waals surface area (Å²) in [6.07, 6.45) is 2.49. The Morgan fingerprint density at radius 2 is 2.30 bits per heavy atom. The molecule has 7 heteroatoms. The van der Waals surface area contributed by atoms with Crippen LogP contribution in [0, 0.1) is 0 Å². The molecule has 0 spiro atoms. The Morgan fingerprint density at radius 1 is 1.52 bits per heavy atom. The lowest BCUT2D eigenvalue weighted by atomic mass is 10.2. The van der Waals surface area contributed by atoms with Crippen LogP contribution in [-0.4, -0.2) is 43.6 Å². The van der Waals surface area contributed by atoms with E-state index in [9.17, 15) is 0 Å². The lowest BCUT2D eigenvalue weighted by Gasteiger charge is -2.23. The second-order valence-corrected chi connectivity index (χ2v) is 5.88. The zero-order chi connectivity index (χ0) is 15.9. The first kappa shape index (κ1) is 20.3. The average molecular weight is 453 g/mol. The predicted octanol–water partition coefficient (Wildman–Crippen LogP) is 2.86. The van der Waals surface area contributed by atoms with Crippen molar-refractivity contribution in [2.24, 2.45) is 10.7 Å². The van der Waals surface area contributed by atoms with Crippen LogP contribution in [0.25, 0.3) is 0 Å². The molecule has 1 unspecified atom stereocenters. The number of hydrogen-bond acceptors (Lipinski definition) is 3. The standard InChI is InChI=1S/C16H25ClN4O.HI/c1-3-21-8-4-5-13(21)11-20-16(18)19-10-12-6-7-15(22-2)14(17)9-12;/h6-7,9,13H,3-5,8,10-11H2,1-2H3,(H3,18,19,20);1H. The third-order valence-corrected chi connectivity index (χ3v) is 4.37. The number of guanidine groups is 1. The van der Waals surface area contributed by atoms with Crippen molar-refractivity contribution in [3.05, 3.63) is 28.8 Å². The molecule has 1 fully saturated rings. The lowest BCUT2D eigenvalue weighted by molar-refractivity contribution is 0.267. The average Bonchev–Trinajstić information content (AvgIpc) is 2.98. The highest BCUT2D eigenvalue weighted by Gasteiger charge is 2.22. The van der Waals surface area contributed by atoms with Crippen LogP contribution in [0.2, 0.25) is 5.02 Å². The molecule has 0 saturated carbocycles. The molecular weight excluding hydrogens is 427 g/mol. The largest absolute Gasteiger partial charge is 0.495 e.